The lowest BCUT2D eigenvalue weighted by Gasteiger charge is -1.97. The minimum Gasteiger partial charge on any atom is -0.466 e. The smallest absolute Gasteiger partial charge is 0.198 e. The molecule has 0 atom stereocenters. The average molecular weight is 249 g/mol. The largest absolute Gasteiger partial charge is 0.466 e. The number of furan rings is 1. The molecule has 0 radical (unpaired) electrons. The van der Waals surface area contributed by atoms with Crippen LogP contribution in [0.15, 0.2) is 22.9 Å². The van der Waals surface area contributed by atoms with Crippen LogP contribution in [-0.2, 0) is 0 Å². The van der Waals surface area contributed by atoms with E-state index in [1.165, 1.54) is 0 Å². The number of nitrogens with zero attached hydrogens (tertiary/aromatic N) is 4. The molecular weight excluding hydrogens is 240 g/mol. The highest BCUT2D eigenvalue weighted by Gasteiger charge is 2.15. The Balaban J connectivity index is 2.32. The molecule has 0 fully saturated rings. The summed E-state index contributed by atoms with van der Waals surface area (Å²) in [5.74, 6) is 2.36. The topological polar surface area (TPSA) is 56.2 Å². The Morgan fingerprint density at radius 2 is 2.12 bits per heavy atom. The normalized spacial score (nSPS) is 11.2. The van der Waals surface area contributed by atoms with Crippen LogP contribution in [0.25, 0.3) is 17.0 Å². The highest BCUT2D eigenvalue weighted by atomic mass is 35.5. The van der Waals surface area contributed by atoms with Gasteiger partial charge in [-0.1, -0.05) is 11.6 Å². The molecule has 0 amide bonds. The van der Waals surface area contributed by atoms with Crippen LogP contribution in [0, 0.1) is 13.8 Å². The third-order valence-corrected chi connectivity index (χ3v) is 2.83. The number of fused-ring (bicyclic) bond motifs is 1. The maximum Gasteiger partial charge on any atom is 0.198 e. The zero-order valence-corrected chi connectivity index (χ0v) is 10.1. The van der Waals surface area contributed by atoms with Gasteiger partial charge in [-0.2, -0.15) is 0 Å². The van der Waals surface area contributed by atoms with Gasteiger partial charge in [-0.25, -0.2) is 4.98 Å². The first-order valence-corrected chi connectivity index (χ1v) is 5.47. The monoisotopic (exact) mass is 248 g/mol. The molecule has 3 aromatic rings. The Bertz CT molecular complexity index is 701. The fourth-order valence-electron chi connectivity index (χ4n) is 1.83. The van der Waals surface area contributed by atoms with Crippen LogP contribution in [0.3, 0.4) is 0 Å². The molecule has 17 heavy (non-hydrogen) atoms. The van der Waals surface area contributed by atoms with Gasteiger partial charge in [0.25, 0.3) is 0 Å². The van der Waals surface area contributed by atoms with Gasteiger partial charge in [0.05, 0.1) is 5.56 Å². The van der Waals surface area contributed by atoms with E-state index in [0.717, 1.165) is 17.1 Å². The molecule has 0 aliphatic heterocycles. The molecule has 86 valence electrons. The van der Waals surface area contributed by atoms with Crippen LogP contribution in [0.4, 0.5) is 0 Å². The number of aromatic nitrogens is 4. The standard InChI is InChI=1S/C11H9ClN4O/c1-6-5-8(7(2)17-6)10-14-15-11-9(12)13-3-4-16(10)11/h3-5H,1-2H3. The molecule has 3 heterocycles. The van der Waals surface area contributed by atoms with Gasteiger partial charge in [0.2, 0.25) is 0 Å². The predicted molar refractivity (Wildman–Crippen MR) is 63.0 cm³/mol. The molecule has 0 unspecified atom stereocenters. The van der Waals surface area contributed by atoms with Crippen molar-refractivity contribution in [1.82, 2.24) is 19.6 Å². The lowest BCUT2D eigenvalue weighted by atomic mass is 10.2. The number of hydrogen-bond donors (Lipinski definition) is 0. The molecular formula is C11H9ClN4O. The molecule has 5 nitrogen and oxygen atoms in total. The summed E-state index contributed by atoms with van der Waals surface area (Å²) in [6, 6.07) is 1.93. The van der Waals surface area contributed by atoms with E-state index in [2.05, 4.69) is 15.2 Å². The quantitative estimate of drug-likeness (QED) is 0.664. The molecule has 0 N–H and O–H groups in total. The predicted octanol–water partition coefficient (Wildman–Crippen LogP) is 2.65. The van der Waals surface area contributed by atoms with E-state index in [9.17, 15) is 0 Å². The van der Waals surface area contributed by atoms with E-state index in [1.54, 1.807) is 16.8 Å². The Labute approximate surface area is 102 Å². The van der Waals surface area contributed by atoms with Crippen molar-refractivity contribution in [1.29, 1.82) is 0 Å². The summed E-state index contributed by atoms with van der Waals surface area (Å²) in [6.07, 6.45) is 3.39. The second kappa shape index (κ2) is 3.56. The van der Waals surface area contributed by atoms with E-state index in [-0.39, 0.29) is 0 Å². The molecule has 3 rings (SSSR count). The summed E-state index contributed by atoms with van der Waals surface area (Å²) in [4.78, 5) is 3.96. The second-order valence-corrected chi connectivity index (χ2v) is 4.12. The molecule has 6 heteroatoms. The Morgan fingerprint density at radius 3 is 2.82 bits per heavy atom. The van der Waals surface area contributed by atoms with Crippen LogP contribution in [0.2, 0.25) is 5.15 Å². The summed E-state index contributed by atoms with van der Waals surface area (Å²) < 4.78 is 7.29. The van der Waals surface area contributed by atoms with Crippen molar-refractivity contribution in [2.75, 3.05) is 0 Å². The number of aryl methyl sites for hydroxylation is 2. The molecule has 0 aliphatic carbocycles. The average Bonchev–Trinajstić information content (AvgIpc) is 2.83. The zero-order valence-electron chi connectivity index (χ0n) is 9.31. The zero-order chi connectivity index (χ0) is 12.0. The van der Waals surface area contributed by atoms with Crippen LogP contribution in [-0.4, -0.2) is 19.6 Å². The summed E-state index contributed by atoms with van der Waals surface area (Å²) >= 11 is 5.94. The lowest BCUT2D eigenvalue weighted by Crippen LogP contribution is -1.90. The highest BCUT2D eigenvalue weighted by molar-refractivity contribution is 6.32. The van der Waals surface area contributed by atoms with Crippen molar-refractivity contribution in [2.24, 2.45) is 0 Å². The summed E-state index contributed by atoms with van der Waals surface area (Å²) in [5, 5.41) is 8.49. The van der Waals surface area contributed by atoms with Gasteiger partial charge in [-0.15, -0.1) is 10.2 Å². The Hall–Kier alpha value is -1.88. The molecule has 0 aliphatic rings. The van der Waals surface area contributed by atoms with Gasteiger partial charge in [-0.05, 0) is 19.9 Å². The summed E-state index contributed by atoms with van der Waals surface area (Å²) in [6.45, 7) is 3.79. The van der Waals surface area contributed by atoms with Crippen LogP contribution in [0.1, 0.15) is 11.5 Å². The fraction of sp³-hybridized carbons (Fsp3) is 0.182. The Morgan fingerprint density at radius 1 is 1.29 bits per heavy atom. The molecule has 3 aromatic heterocycles. The van der Waals surface area contributed by atoms with Gasteiger partial charge >= 0.3 is 0 Å². The third kappa shape index (κ3) is 1.51. The second-order valence-electron chi connectivity index (χ2n) is 3.76. The van der Waals surface area contributed by atoms with Gasteiger partial charge in [-0.3, -0.25) is 4.40 Å². The number of rotatable bonds is 1. The first-order chi connectivity index (χ1) is 8.16. The van der Waals surface area contributed by atoms with Crippen LogP contribution >= 0.6 is 11.6 Å². The minimum atomic E-state index is 0.337. The highest BCUT2D eigenvalue weighted by Crippen LogP contribution is 2.26. The van der Waals surface area contributed by atoms with E-state index in [0.29, 0.717) is 16.6 Å². The van der Waals surface area contributed by atoms with Crippen molar-refractivity contribution in [3.05, 3.63) is 35.1 Å². The SMILES string of the molecule is Cc1cc(-c2nnc3c(Cl)nccn23)c(C)o1. The molecule has 0 saturated carbocycles. The van der Waals surface area contributed by atoms with Crippen molar-refractivity contribution in [3.8, 4) is 11.4 Å². The Kier molecular flexibility index (Phi) is 2.16. The van der Waals surface area contributed by atoms with Crippen molar-refractivity contribution < 1.29 is 4.42 Å². The molecule has 0 bridgehead atoms. The van der Waals surface area contributed by atoms with Crippen molar-refractivity contribution >= 4 is 17.2 Å². The van der Waals surface area contributed by atoms with Gasteiger partial charge in [0, 0.05) is 12.4 Å². The third-order valence-electron chi connectivity index (χ3n) is 2.57. The van der Waals surface area contributed by atoms with Crippen molar-refractivity contribution in [2.45, 2.75) is 13.8 Å². The van der Waals surface area contributed by atoms with Gasteiger partial charge in [0.15, 0.2) is 16.6 Å². The summed E-state index contributed by atoms with van der Waals surface area (Å²) in [5.41, 5.74) is 1.46. The van der Waals surface area contributed by atoms with Gasteiger partial charge < -0.3 is 4.42 Å². The van der Waals surface area contributed by atoms with E-state index >= 15 is 0 Å². The van der Waals surface area contributed by atoms with Gasteiger partial charge in [0.1, 0.15) is 11.5 Å². The van der Waals surface area contributed by atoms with E-state index in [4.69, 9.17) is 16.0 Å². The molecule has 0 aromatic carbocycles. The molecule has 0 saturated heterocycles. The number of hydrogen-bond acceptors (Lipinski definition) is 4. The maximum absolute atomic E-state index is 5.94. The number of halogens is 1. The maximum atomic E-state index is 5.94. The molecule has 0 spiro atoms. The first-order valence-electron chi connectivity index (χ1n) is 5.09. The van der Waals surface area contributed by atoms with E-state index < -0.39 is 0 Å². The fourth-order valence-corrected chi connectivity index (χ4v) is 2.02. The summed E-state index contributed by atoms with van der Waals surface area (Å²) in [7, 11) is 0. The van der Waals surface area contributed by atoms with Crippen molar-refractivity contribution in [3.63, 3.8) is 0 Å². The van der Waals surface area contributed by atoms with Crippen LogP contribution in [0.5, 0.6) is 0 Å². The van der Waals surface area contributed by atoms with Crippen LogP contribution < -0.4 is 0 Å². The first kappa shape index (κ1) is 10.3. The minimum absolute atomic E-state index is 0.337. The van der Waals surface area contributed by atoms with E-state index in [1.807, 2.05) is 19.9 Å². The lowest BCUT2D eigenvalue weighted by molar-refractivity contribution is 0.505.